The number of anilines is 1. The number of rotatable bonds is 8. The summed E-state index contributed by atoms with van der Waals surface area (Å²) in [6.07, 6.45) is 7.06. The number of hydrogen-bond acceptors (Lipinski definition) is 7. The van der Waals surface area contributed by atoms with E-state index in [9.17, 15) is 4.79 Å². The Bertz CT molecular complexity index is 1580. The van der Waals surface area contributed by atoms with E-state index in [0.29, 0.717) is 39.4 Å². The van der Waals surface area contributed by atoms with E-state index in [1.807, 2.05) is 24.3 Å². The first-order valence-corrected chi connectivity index (χ1v) is 15.3. The Kier molecular flexibility index (Phi) is 7.29. The molecule has 218 valence electrons. The van der Waals surface area contributed by atoms with Gasteiger partial charge in [0.1, 0.15) is 11.5 Å². The first-order valence-electron chi connectivity index (χ1n) is 14.6. The Labute approximate surface area is 255 Å². The Morgan fingerprint density at radius 1 is 1.07 bits per heavy atom. The molecule has 3 aromatic rings. The lowest BCUT2D eigenvalue weighted by Crippen LogP contribution is -2.37. The summed E-state index contributed by atoms with van der Waals surface area (Å²) in [5, 5.41) is 5.51. The van der Waals surface area contributed by atoms with Gasteiger partial charge in [0.2, 0.25) is 0 Å². The monoisotopic (exact) mass is 605 g/mol. The van der Waals surface area contributed by atoms with E-state index in [1.54, 1.807) is 0 Å². The fraction of sp³-hybridized carbons (Fsp3) is 0.394. The van der Waals surface area contributed by atoms with Gasteiger partial charge in [-0.05, 0) is 73.6 Å². The van der Waals surface area contributed by atoms with Gasteiger partial charge < -0.3 is 23.8 Å². The molecular weight excluding hydrogens is 573 g/mol. The molecular formula is C33H33Cl2N3O4. The number of carbonyl (C=O) groups is 1. The van der Waals surface area contributed by atoms with Crippen LogP contribution in [0.25, 0.3) is 17.0 Å². The van der Waals surface area contributed by atoms with Gasteiger partial charge in [-0.25, -0.2) is 4.79 Å². The van der Waals surface area contributed by atoms with Crippen LogP contribution in [-0.4, -0.2) is 55.4 Å². The van der Waals surface area contributed by atoms with Crippen LogP contribution in [0.2, 0.25) is 10.0 Å². The van der Waals surface area contributed by atoms with E-state index >= 15 is 0 Å². The number of methoxy groups -OCH3 is 1. The third-order valence-electron chi connectivity index (χ3n) is 8.91. The summed E-state index contributed by atoms with van der Waals surface area (Å²) in [6.45, 7) is 2.21. The second kappa shape index (κ2) is 11.1. The van der Waals surface area contributed by atoms with Gasteiger partial charge in [-0.2, -0.15) is 0 Å². The molecule has 1 saturated heterocycles. The standard InChI is InChI=1S/C33H33Cl2N3O4/c1-37-28(17-24(33(39)40-2)23-16-29(23)37)20-5-3-6-21(15-20)38-13-11-22(12-14-38)41-18-25-31(36-42-32(25)19-9-10-19)30-26(34)7-4-8-27(30)35/h3-8,15,17,19,22,29H,9-14,16,18H2,1-2H3. The minimum absolute atomic E-state index is 0.133. The van der Waals surface area contributed by atoms with Crippen molar-refractivity contribution in [2.75, 3.05) is 32.1 Å². The largest absolute Gasteiger partial charge is 0.465 e. The average molecular weight is 607 g/mol. The second-order valence-corrected chi connectivity index (χ2v) is 12.4. The number of ether oxygens (including phenoxy) is 2. The molecule has 42 heavy (non-hydrogen) atoms. The maximum absolute atomic E-state index is 12.4. The van der Waals surface area contributed by atoms with Crippen LogP contribution in [0, 0.1) is 0 Å². The van der Waals surface area contributed by atoms with Crippen molar-refractivity contribution in [3.63, 3.8) is 0 Å². The van der Waals surface area contributed by atoms with Crippen molar-refractivity contribution in [1.82, 2.24) is 10.1 Å². The predicted octanol–water partition coefficient (Wildman–Crippen LogP) is 7.24. The Morgan fingerprint density at radius 2 is 1.81 bits per heavy atom. The van der Waals surface area contributed by atoms with Crippen molar-refractivity contribution in [3.05, 3.63) is 86.6 Å². The third-order valence-corrected chi connectivity index (χ3v) is 9.54. The molecule has 4 aliphatic rings. The van der Waals surface area contributed by atoms with Crippen LogP contribution in [0.3, 0.4) is 0 Å². The molecule has 3 fully saturated rings. The van der Waals surface area contributed by atoms with E-state index in [2.05, 4.69) is 46.3 Å². The van der Waals surface area contributed by atoms with E-state index in [-0.39, 0.29) is 18.1 Å². The fourth-order valence-corrected chi connectivity index (χ4v) is 6.86. The number of likely N-dealkylation sites (N-methyl/N-ethyl adjacent to an activating group) is 1. The summed E-state index contributed by atoms with van der Waals surface area (Å²) in [4.78, 5) is 17.0. The number of carbonyl (C=O) groups excluding carboxylic acids is 1. The van der Waals surface area contributed by atoms with Crippen LogP contribution in [-0.2, 0) is 20.9 Å². The first-order chi connectivity index (χ1) is 20.4. The number of esters is 1. The van der Waals surface area contributed by atoms with Gasteiger partial charge in [0, 0.05) is 48.6 Å². The zero-order valence-electron chi connectivity index (χ0n) is 23.7. The van der Waals surface area contributed by atoms with E-state index in [0.717, 1.165) is 67.8 Å². The van der Waals surface area contributed by atoms with E-state index in [4.69, 9.17) is 37.2 Å². The maximum atomic E-state index is 12.4. The number of halogens is 2. The van der Waals surface area contributed by atoms with Gasteiger partial charge in [0.25, 0.3) is 0 Å². The molecule has 1 unspecified atom stereocenters. The minimum atomic E-state index is -0.256. The van der Waals surface area contributed by atoms with Crippen LogP contribution in [0.1, 0.15) is 54.9 Å². The molecule has 7 rings (SSSR count). The van der Waals surface area contributed by atoms with Crippen molar-refractivity contribution in [2.24, 2.45) is 0 Å². The van der Waals surface area contributed by atoms with Crippen molar-refractivity contribution >= 4 is 40.6 Å². The Morgan fingerprint density at radius 3 is 2.52 bits per heavy atom. The minimum Gasteiger partial charge on any atom is -0.465 e. The summed E-state index contributed by atoms with van der Waals surface area (Å²) >= 11 is 13.1. The molecule has 9 heteroatoms. The summed E-state index contributed by atoms with van der Waals surface area (Å²) < 4.78 is 17.3. The summed E-state index contributed by atoms with van der Waals surface area (Å²) in [5.41, 5.74) is 7.56. The SMILES string of the molecule is COC(=O)C1=C2CC2N(C)C(c2cccc(N3CCC(OCc4c(-c5c(Cl)cccc5Cl)noc4C4CC4)CC3)c2)=C1. The lowest BCUT2D eigenvalue weighted by Gasteiger charge is -2.34. The molecule has 2 aliphatic carbocycles. The van der Waals surface area contributed by atoms with Gasteiger partial charge in [-0.1, -0.05) is 46.6 Å². The average Bonchev–Trinajstić information content (AvgIpc) is 3.94. The van der Waals surface area contributed by atoms with Gasteiger partial charge in [-0.3, -0.25) is 0 Å². The first kappa shape index (κ1) is 27.6. The molecule has 3 heterocycles. The molecule has 7 nitrogen and oxygen atoms in total. The number of benzene rings is 2. The predicted molar refractivity (Wildman–Crippen MR) is 164 cm³/mol. The van der Waals surface area contributed by atoms with Crippen LogP contribution < -0.4 is 4.90 Å². The molecule has 0 bridgehead atoms. The van der Waals surface area contributed by atoms with Crippen molar-refractivity contribution in [3.8, 4) is 11.3 Å². The molecule has 0 spiro atoms. The zero-order valence-corrected chi connectivity index (χ0v) is 25.3. The summed E-state index contributed by atoms with van der Waals surface area (Å²) in [5.74, 6) is 1.04. The van der Waals surface area contributed by atoms with Crippen molar-refractivity contribution in [1.29, 1.82) is 0 Å². The highest BCUT2D eigenvalue weighted by atomic mass is 35.5. The molecule has 2 saturated carbocycles. The van der Waals surface area contributed by atoms with Gasteiger partial charge >= 0.3 is 5.97 Å². The lowest BCUT2D eigenvalue weighted by atomic mass is 10.0. The molecule has 2 aromatic carbocycles. The van der Waals surface area contributed by atoms with E-state index < -0.39 is 0 Å². The fourth-order valence-electron chi connectivity index (χ4n) is 6.29. The third kappa shape index (κ3) is 5.12. The quantitative estimate of drug-likeness (QED) is 0.251. The van der Waals surface area contributed by atoms with Crippen molar-refractivity contribution in [2.45, 2.75) is 56.8 Å². The lowest BCUT2D eigenvalue weighted by molar-refractivity contribution is -0.135. The number of piperidine rings is 1. The topological polar surface area (TPSA) is 68.0 Å². The normalized spacial score (nSPS) is 20.5. The molecule has 0 radical (unpaired) electrons. The Balaban J connectivity index is 1.03. The highest BCUT2D eigenvalue weighted by molar-refractivity contribution is 6.39. The van der Waals surface area contributed by atoms with Gasteiger partial charge in [0.15, 0.2) is 0 Å². The summed E-state index contributed by atoms with van der Waals surface area (Å²) in [6, 6.07) is 14.4. The van der Waals surface area contributed by atoms with Crippen LogP contribution >= 0.6 is 23.2 Å². The molecule has 1 atom stereocenters. The number of aromatic nitrogens is 1. The number of nitrogens with zero attached hydrogens (tertiary/aromatic N) is 3. The van der Waals surface area contributed by atoms with Crippen molar-refractivity contribution < 1.29 is 18.8 Å². The zero-order chi connectivity index (χ0) is 29.0. The Hall–Kier alpha value is -3.26. The smallest absolute Gasteiger partial charge is 0.337 e. The molecule has 0 N–H and O–H groups in total. The van der Waals surface area contributed by atoms with Crippen LogP contribution in [0.5, 0.6) is 0 Å². The number of fused-ring (bicyclic) bond motifs is 1. The molecule has 1 aromatic heterocycles. The van der Waals surface area contributed by atoms with E-state index in [1.165, 1.54) is 18.4 Å². The summed E-state index contributed by atoms with van der Waals surface area (Å²) in [7, 11) is 3.54. The van der Waals surface area contributed by atoms with Gasteiger partial charge in [0.05, 0.1) is 41.5 Å². The van der Waals surface area contributed by atoms with Gasteiger partial charge in [-0.15, -0.1) is 0 Å². The van der Waals surface area contributed by atoms with Crippen LogP contribution in [0.4, 0.5) is 5.69 Å². The molecule has 2 aliphatic heterocycles. The van der Waals surface area contributed by atoms with Crippen LogP contribution in [0.15, 0.2) is 64.2 Å². The second-order valence-electron chi connectivity index (χ2n) is 11.6. The maximum Gasteiger partial charge on any atom is 0.337 e. The highest BCUT2D eigenvalue weighted by Crippen LogP contribution is 2.47. The molecule has 0 amide bonds. The number of hydrogen-bond donors (Lipinski definition) is 0. The highest BCUT2D eigenvalue weighted by Gasteiger charge is 2.42.